The molecule has 0 radical (unpaired) electrons. The maximum atomic E-state index is 6.08. The van der Waals surface area contributed by atoms with E-state index in [1.54, 1.807) is 12.1 Å². The van der Waals surface area contributed by atoms with Gasteiger partial charge in [0.05, 0.1) is 27.6 Å². The quantitative estimate of drug-likeness (QED) is 0.708. The lowest BCUT2D eigenvalue weighted by Gasteiger charge is -2.07. The molecule has 3 nitrogen and oxygen atoms in total. The van der Waals surface area contributed by atoms with Crippen LogP contribution >= 0.6 is 39.1 Å². The van der Waals surface area contributed by atoms with E-state index in [9.17, 15) is 0 Å². The van der Waals surface area contributed by atoms with E-state index in [0.717, 1.165) is 21.1 Å². The number of rotatable bonds is 2. The number of nitrogens with zero attached hydrogens (tertiary/aromatic N) is 2. The van der Waals surface area contributed by atoms with Crippen molar-refractivity contribution in [1.82, 2.24) is 9.55 Å². The van der Waals surface area contributed by atoms with Crippen molar-refractivity contribution in [2.24, 2.45) is 0 Å². The molecule has 3 rings (SSSR count). The zero-order chi connectivity index (χ0) is 14.3. The number of nitrogens with two attached hydrogens (primary N) is 1. The lowest BCUT2D eigenvalue weighted by Crippen LogP contribution is -2.04. The molecule has 0 spiro atoms. The van der Waals surface area contributed by atoms with Crippen molar-refractivity contribution in [3.05, 3.63) is 56.5 Å². The second kappa shape index (κ2) is 5.28. The third-order valence-electron chi connectivity index (χ3n) is 3.05. The molecule has 1 aromatic heterocycles. The fraction of sp³-hybridized carbons (Fsp3) is 0.0714. The third-order valence-corrected chi connectivity index (χ3v) is 4.26. The van der Waals surface area contributed by atoms with Gasteiger partial charge in [-0.2, -0.15) is 0 Å². The minimum atomic E-state index is 0.443. The Kier molecular flexibility index (Phi) is 3.63. The molecule has 0 aliphatic heterocycles. The molecule has 0 saturated heterocycles. The largest absolute Gasteiger partial charge is 0.369 e. The number of aromatic nitrogens is 2. The Morgan fingerprint density at radius 1 is 1.15 bits per heavy atom. The van der Waals surface area contributed by atoms with Gasteiger partial charge in [-0.3, -0.25) is 0 Å². The molecule has 0 aliphatic rings. The first-order valence-electron chi connectivity index (χ1n) is 5.90. The molecular formula is C14H10BrCl2N3. The van der Waals surface area contributed by atoms with Gasteiger partial charge in [0, 0.05) is 4.47 Å². The average Bonchev–Trinajstić information content (AvgIpc) is 2.67. The van der Waals surface area contributed by atoms with Gasteiger partial charge in [-0.15, -0.1) is 0 Å². The van der Waals surface area contributed by atoms with Gasteiger partial charge in [0.25, 0.3) is 0 Å². The SMILES string of the molecule is Nc1nc2cc(Cl)c(Cl)cc2n1Cc1cccc(Br)c1. The highest BCUT2D eigenvalue weighted by Gasteiger charge is 2.11. The van der Waals surface area contributed by atoms with E-state index in [-0.39, 0.29) is 0 Å². The third kappa shape index (κ3) is 2.51. The van der Waals surface area contributed by atoms with E-state index < -0.39 is 0 Å². The van der Waals surface area contributed by atoms with Crippen LogP contribution in [0.3, 0.4) is 0 Å². The summed E-state index contributed by atoms with van der Waals surface area (Å²) in [6, 6.07) is 11.6. The van der Waals surface area contributed by atoms with Crippen molar-refractivity contribution in [2.75, 3.05) is 5.73 Å². The van der Waals surface area contributed by atoms with Gasteiger partial charge >= 0.3 is 0 Å². The zero-order valence-corrected chi connectivity index (χ0v) is 13.4. The van der Waals surface area contributed by atoms with Crippen LogP contribution in [0.25, 0.3) is 11.0 Å². The summed E-state index contributed by atoms with van der Waals surface area (Å²) in [5.41, 5.74) is 8.73. The highest BCUT2D eigenvalue weighted by atomic mass is 79.9. The topological polar surface area (TPSA) is 43.8 Å². The summed E-state index contributed by atoms with van der Waals surface area (Å²) < 4.78 is 2.94. The van der Waals surface area contributed by atoms with E-state index in [1.807, 2.05) is 28.8 Å². The van der Waals surface area contributed by atoms with Crippen molar-refractivity contribution in [1.29, 1.82) is 0 Å². The van der Waals surface area contributed by atoms with Crippen LogP contribution in [-0.2, 0) is 6.54 Å². The number of fused-ring (bicyclic) bond motifs is 1. The van der Waals surface area contributed by atoms with Crippen LogP contribution in [0.2, 0.25) is 10.0 Å². The molecular weight excluding hydrogens is 361 g/mol. The van der Waals surface area contributed by atoms with Crippen LogP contribution in [0.4, 0.5) is 5.95 Å². The van der Waals surface area contributed by atoms with Gasteiger partial charge in [-0.05, 0) is 29.8 Å². The molecule has 20 heavy (non-hydrogen) atoms. The number of hydrogen-bond donors (Lipinski definition) is 1. The van der Waals surface area contributed by atoms with E-state index in [4.69, 9.17) is 28.9 Å². The normalized spacial score (nSPS) is 11.2. The summed E-state index contributed by atoms with van der Waals surface area (Å²) in [6.07, 6.45) is 0. The van der Waals surface area contributed by atoms with Crippen LogP contribution in [0.5, 0.6) is 0 Å². The maximum absolute atomic E-state index is 6.08. The van der Waals surface area contributed by atoms with Crippen molar-refractivity contribution < 1.29 is 0 Å². The number of nitrogen functional groups attached to an aromatic ring is 1. The van der Waals surface area contributed by atoms with Gasteiger partial charge < -0.3 is 10.3 Å². The molecule has 0 aliphatic carbocycles. The second-order valence-corrected chi connectivity index (χ2v) is 6.17. The first-order chi connectivity index (χ1) is 9.54. The summed E-state index contributed by atoms with van der Waals surface area (Å²) in [5, 5.41) is 0.973. The van der Waals surface area contributed by atoms with Gasteiger partial charge in [-0.25, -0.2) is 4.98 Å². The summed E-state index contributed by atoms with van der Waals surface area (Å²) in [7, 11) is 0. The Morgan fingerprint density at radius 2 is 1.90 bits per heavy atom. The average molecular weight is 371 g/mol. The number of imidazole rings is 1. The fourth-order valence-electron chi connectivity index (χ4n) is 2.12. The number of benzene rings is 2. The standard InChI is InChI=1S/C14H10BrCl2N3/c15-9-3-1-2-8(4-9)7-20-13-6-11(17)10(16)5-12(13)19-14(20)18/h1-6H,7H2,(H2,18,19). The summed E-state index contributed by atoms with van der Waals surface area (Å²) in [6.45, 7) is 0.625. The summed E-state index contributed by atoms with van der Waals surface area (Å²) in [4.78, 5) is 4.32. The van der Waals surface area contributed by atoms with Gasteiger partial charge in [0.1, 0.15) is 0 Å². The summed E-state index contributed by atoms with van der Waals surface area (Å²) >= 11 is 15.5. The predicted molar refractivity (Wildman–Crippen MR) is 87.4 cm³/mol. The van der Waals surface area contributed by atoms with Gasteiger partial charge in [-0.1, -0.05) is 51.3 Å². The zero-order valence-electron chi connectivity index (χ0n) is 10.3. The van der Waals surface area contributed by atoms with E-state index in [2.05, 4.69) is 20.9 Å². The number of halogens is 3. The molecule has 0 amide bonds. The van der Waals surface area contributed by atoms with Crippen LogP contribution < -0.4 is 5.73 Å². The lowest BCUT2D eigenvalue weighted by atomic mass is 10.2. The van der Waals surface area contributed by atoms with Crippen LogP contribution in [0, 0.1) is 0 Å². The minimum Gasteiger partial charge on any atom is -0.369 e. The molecule has 3 aromatic rings. The molecule has 0 saturated carbocycles. The first kappa shape index (κ1) is 13.7. The predicted octanol–water partition coefficient (Wildman–Crippen LogP) is 4.74. The first-order valence-corrected chi connectivity index (χ1v) is 7.44. The second-order valence-electron chi connectivity index (χ2n) is 4.44. The van der Waals surface area contributed by atoms with E-state index in [1.165, 1.54) is 0 Å². The molecule has 0 bridgehead atoms. The smallest absolute Gasteiger partial charge is 0.201 e. The highest BCUT2D eigenvalue weighted by molar-refractivity contribution is 9.10. The van der Waals surface area contributed by atoms with Gasteiger partial charge in [0.15, 0.2) is 0 Å². The molecule has 1 heterocycles. The molecule has 6 heteroatoms. The van der Waals surface area contributed by atoms with Crippen LogP contribution in [0.15, 0.2) is 40.9 Å². The molecule has 0 fully saturated rings. The van der Waals surface area contributed by atoms with Crippen LogP contribution in [-0.4, -0.2) is 9.55 Å². The minimum absolute atomic E-state index is 0.443. The fourth-order valence-corrected chi connectivity index (χ4v) is 2.89. The Hall–Kier alpha value is -1.23. The van der Waals surface area contributed by atoms with Crippen LogP contribution in [0.1, 0.15) is 5.56 Å². The lowest BCUT2D eigenvalue weighted by molar-refractivity contribution is 0.838. The van der Waals surface area contributed by atoms with Crippen molar-refractivity contribution >= 4 is 56.1 Å². The maximum Gasteiger partial charge on any atom is 0.201 e. The van der Waals surface area contributed by atoms with Crippen molar-refractivity contribution in [3.63, 3.8) is 0 Å². The van der Waals surface area contributed by atoms with E-state index in [0.29, 0.717) is 22.5 Å². The summed E-state index contributed by atoms with van der Waals surface area (Å²) in [5.74, 6) is 0.443. The number of hydrogen-bond acceptors (Lipinski definition) is 2. The monoisotopic (exact) mass is 369 g/mol. The van der Waals surface area contributed by atoms with E-state index >= 15 is 0 Å². The van der Waals surface area contributed by atoms with Gasteiger partial charge in [0.2, 0.25) is 5.95 Å². The molecule has 2 aromatic carbocycles. The molecule has 2 N–H and O–H groups in total. The molecule has 102 valence electrons. The molecule has 0 atom stereocenters. The number of anilines is 1. The Balaban J connectivity index is 2.11. The van der Waals surface area contributed by atoms with Crippen molar-refractivity contribution in [3.8, 4) is 0 Å². The Labute approximate surface area is 134 Å². The Bertz CT molecular complexity index is 798. The molecule has 0 unspecified atom stereocenters. The highest BCUT2D eigenvalue weighted by Crippen LogP contribution is 2.29. The Morgan fingerprint density at radius 3 is 2.65 bits per heavy atom. The van der Waals surface area contributed by atoms with Crippen molar-refractivity contribution in [2.45, 2.75) is 6.54 Å².